The van der Waals surface area contributed by atoms with Crippen molar-refractivity contribution in [1.29, 1.82) is 0 Å². The van der Waals surface area contributed by atoms with Crippen molar-refractivity contribution in [1.82, 2.24) is 5.32 Å². The van der Waals surface area contributed by atoms with Crippen LogP contribution in [-0.4, -0.2) is 24.5 Å². The maximum atomic E-state index is 11.9. The number of nitrogens with one attached hydrogen (secondary N) is 2. The van der Waals surface area contributed by atoms with Crippen LogP contribution in [0.5, 0.6) is 5.75 Å². The summed E-state index contributed by atoms with van der Waals surface area (Å²) in [4.78, 5) is 23.4. The Bertz CT molecular complexity index is 511. The summed E-state index contributed by atoms with van der Waals surface area (Å²) in [6.07, 6.45) is 0.990. The second kappa shape index (κ2) is 4.91. The van der Waals surface area contributed by atoms with Crippen LogP contribution in [0.4, 0.5) is 5.69 Å². The predicted octanol–water partition coefficient (Wildman–Crippen LogP) is 1.32. The molecule has 0 aromatic heterocycles. The van der Waals surface area contributed by atoms with Gasteiger partial charge in [-0.2, -0.15) is 0 Å². The average molecular weight is 246 g/mol. The van der Waals surface area contributed by atoms with E-state index in [9.17, 15) is 9.59 Å². The molecule has 0 fully saturated rings. The number of carbonyl (C=O) groups excluding carboxylic acids is 2. The van der Waals surface area contributed by atoms with Gasteiger partial charge in [-0.25, -0.2) is 0 Å². The summed E-state index contributed by atoms with van der Waals surface area (Å²) < 4.78 is 5.48. The molecule has 0 radical (unpaired) electrons. The summed E-state index contributed by atoms with van der Waals surface area (Å²) in [5.74, 6) is -0.0626. The topological polar surface area (TPSA) is 67.4 Å². The van der Waals surface area contributed by atoms with Gasteiger partial charge in [-0.15, -0.1) is 6.58 Å². The van der Waals surface area contributed by atoms with Crippen LogP contribution < -0.4 is 15.4 Å². The minimum Gasteiger partial charge on any atom is -0.478 e. The molecule has 5 heteroatoms. The number of carbonyl (C=O) groups is 2. The number of hydrogen-bond donors (Lipinski definition) is 2. The Kier molecular flexibility index (Phi) is 3.32. The molecule has 1 heterocycles. The molecule has 1 unspecified atom stereocenters. The molecule has 0 aliphatic carbocycles. The highest BCUT2D eigenvalue weighted by Crippen LogP contribution is 2.33. The van der Waals surface area contributed by atoms with Gasteiger partial charge in [-0.3, -0.25) is 9.59 Å². The Hall–Kier alpha value is -2.30. The third-order valence-electron chi connectivity index (χ3n) is 2.59. The van der Waals surface area contributed by atoms with Crippen molar-refractivity contribution in [3.8, 4) is 5.75 Å². The first kappa shape index (κ1) is 12.2. The molecule has 0 bridgehead atoms. The quantitative estimate of drug-likeness (QED) is 0.790. The van der Waals surface area contributed by atoms with Gasteiger partial charge in [0.05, 0.1) is 11.3 Å². The minimum absolute atomic E-state index is 0.217. The number of benzene rings is 1. The van der Waals surface area contributed by atoms with Gasteiger partial charge in [0.15, 0.2) is 11.9 Å². The molecular weight excluding hydrogens is 232 g/mol. The maximum Gasteiger partial charge on any atom is 0.265 e. The molecule has 5 nitrogen and oxygen atoms in total. The van der Waals surface area contributed by atoms with Crippen LogP contribution in [0.15, 0.2) is 30.9 Å². The summed E-state index contributed by atoms with van der Waals surface area (Å²) in [6.45, 7) is 5.55. The highest BCUT2D eigenvalue weighted by atomic mass is 16.5. The zero-order valence-corrected chi connectivity index (χ0v) is 10.0. The van der Waals surface area contributed by atoms with Gasteiger partial charge in [-0.1, -0.05) is 12.1 Å². The normalized spacial score (nSPS) is 17.2. The fourth-order valence-electron chi connectivity index (χ4n) is 1.67. The van der Waals surface area contributed by atoms with Crippen LogP contribution in [0.2, 0.25) is 0 Å². The molecule has 2 amide bonds. The van der Waals surface area contributed by atoms with E-state index in [-0.39, 0.29) is 11.8 Å². The summed E-state index contributed by atoms with van der Waals surface area (Å²) in [6, 6.07) is 5.05. The monoisotopic (exact) mass is 246 g/mol. The summed E-state index contributed by atoms with van der Waals surface area (Å²) >= 11 is 0. The highest BCUT2D eigenvalue weighted by molar-refractivity contribution is 6.03. The molecule has 0 saturated heterocycles. The first-order valence-electron chi connectivity index (χ1n) is 5.63. The Labute approximate surface area is 105 Å². The van der Waals surface area contributed by atoms with Crippen molar-refractivity contribution < 1.29 is 14.3 Å². The molecule has 1 atom stereocenters. The zero-order valence-electron chi connectivity index (χ0n) is 10.0. The van der Waals surface area contributed by atoms with Gasteiger partial charge in [0.1, 0.15) is 0 Å². The molecule has 1 aliphatic heterocycles. The van der Waals surface area contributed by atoms with Crippen molar-refractivity contribution >= 4 is 17.5 Å². The van der Waals surface area contributed by atoms with Crippen molar-refractivity contribution in [2.45, 2.75) is 13.0 Å². The smallest absolute Gasteiger partial charge is 0.265 e. The Morgan fingerprint density at radius 1 is 1.61 bits per heavy atom. The largest absolute Gasteiger partial charge is 0.478 e. The molecule has 0 spiro atoms. The SMILES string of the molecule is C=CCNC(=O)c1cccc2c1OC(C)C(=O)N2. The average Bonchev–Trinajstić information content (AvgIpc) is 2.36. The van der Waals surface area contributed by atoms with Crippen molar-refractivity contribution in [3.05, 3.63) is 36.4 Å². The van der Waals surface area contributed by atoms with Crippen LogP contribution >= 0.6 is 0 Å². The number of amides is 2. The third-order valence-corrected chi connectivity index (χ3v) is 2.59. The summed E-state index contributed by atoms with van der Waals surface area (Å²) in [7, 11) is 0. The van der Waals surface area contributed by atoms with Crippen LogP contribution in [0.3, 0.4) is 0 Å². The third kappa shape index (κ3) is 2.20. The van der Waals surface area contributed by atoms with Crippen LogP contribution in [0.25, 0.3) is 0 Å². The lowest BCUT2D eigenvalue weighted by atomic mass is 10.1. The van der Waals surface area contributed by atoms with E-state index in [2.05, 4.69) is 17.2 Å². The van der Waals surface area contributed by atoms with Crippen molar-refractivity contribution in [2.75, 3.05) is 11.9 Å². The molecule has 0 saturated carbocycles. The van der Waals surface area contributed by atoms with E-state index in [1.54, 1.807) is 31.2 Å². The first-order chi connectivity index (χ1) is 8.63. The number of fused-ring (bicyclic) bond motifs is 1. The lowest BCUT2D eigenvalue weighted by Crippen LogP contribution is -2.36. The maximum absolute atomic E-state index is 11.9. The second-order valence-corrected chi connectivity index (χ2v) is 3.93. The van der Waals surface area contributed by atoms with Gasteiger partial charge in [0.2, 0.25) is 0 Å². The molecular formula is C13H14N2O3. The number of hydrogen-bond acceptors (Lipinski definition) is 3. The van der Waals surface area contributed by atoms with E-state index >= 15 is 0 Å². The fraction of sp³-hybridized carbons (Fsp3) is 0.231. The van der Waals surface area contributed by atoms with E-state index < -0.39 is 6.10 Å². The van der Waals surface area contributed by atoms with Gasteiger partial charge in [0, 0.05) is 6.54 Å². The van der Waals surface area contributed by atoms with Crippen LogP contribution in [0.1, 0.15) is 17.3 Å². The molecule has 2 N–H and O–H groups in total. The van der Waals surface area contributed by atoms with Gasteiger partial charge in [-0.05, 0) is 19.1 Å². The van der Waals surface area contributed by atoms with E-state index in [0.29, 0.717) is 23.5 Å². The first-order valence-corrected chi connectivity index (χ1v) is 5.63. The van der Waals surface area contributed by atoms with Gasteiger partial charge in [0.25, 0.3) is 11.8 Å². The molecule has 1 aliphatic rings. The van der Waals surface area contributed by atoms with Gasteiger partial charge >= 0.3 is 0 Å². The number of anilines is 1. The van der Waals surface area contributed by atoms with E-state index in [1.807, 2.05) is 0 Å². The Balaban J connectivity index is 2.33. The standard InChI is InChI=1S/C13H14N2O3/c1-3-7-14-13(17)9-5-4-6-10-11(9)18-8(2)12(16)15-10/h3-6,8H,1,7H2,2H3,(H,14,17)(H,15,16). The van der Waals surface area contributed by atoms with Crippen LogP contribution in [-0.2, 0) is 4.79 Å². The molecule has 1 aromatic carbocycles. The van der Waals surface area contributed by atoms with Gasteiger partial charge < -0.3 is 15.4 Å². The molecule has 18 heavy (non-hydrogen) atoms. The predicted molar refractivity (Wildman–Crippen MR) is 67.7 cm³/mol. The Morgan fingerprint density at radius 2 is 2.39 bits per heavy atom. The Morgan fingerprint density at radius 3 is 3.11 bits per heavy atom. The van der Waals surface area contributed by atoms with E-state index in [4.69, 9.17) is 4.74 Å². The molecule has 94 valence electrons. The second-order valence-electron chi connectivity index (χ2n) is 3.93. The van der Waals surface area contributed by atoms with Crippen molar-refractivity contribution in [2.24, 2.45) is 0 Å². The summed E-state index contributed by atoms with van der Waals surface area (Å²) in [5, 5.41) is 5.37. The number of ether oxygens (including phenoxy) is 1. The lowest BCUT2D eigenvalue weighted by Gasteiger charge is -2.24. The molecule has 1 aromatic rings. The van der Waals surface area contributed by atoms with E-state index in [1.165, 1.54) is 0 Å². The molecule has 2 rings (SSSR count). The minimum atomic E-state index is -0.606. The number of para-hydroxylation sites is 1. The zero-order chi connectivity index (χ0) is 13.1. The van der Waals surface area contributed by atoms with E-state index in [0.717, 1.165) is 0 Å². The lowest BCUT2D eigenvalue weighted by molar-refractivity contribution is -0.122. The summed E-state index contributed by atoms with van der Waals surface area (Å²) in [5.41, 5.74) is 0.922. The number of rotatable bonds is 3. The van der Waals surface area contributed by atoms with Crippen LogP contribution in [0, 0.1) is 0 Å². The highest BCUT2D eigenvalue weighted by Gasteiger charge is 2.27. The van der Waals surface area contributed by atoms with Crippen molar-refractivity contribution in [3.63, 3.8) is 0 Å². The fourth-order valence-corrected chi connectivity index (χ4v) is 1.67.